The van der Waals surface area contributed by atoms with Crippen molar-refractivity contribution >= 4 is 26.4 Å². The van der Waals surface area contributed by atoms with Crippen LogP contribution in [0.25, 0.3) is 10.9 Å². The molecule has 7 heteroatoms. The lowest BCUT2D eigenvalue weighted by molar-refractivity contribution is 0.134. The molecular weight excluding hydrogens is 350 g/mol. The number of rotatable bonds is 3. The summed E-state index contributed by atoms with van der Waals surface area (Å²) in [6, 6.07) is 7.45. The quantitative estimate of drug-likeness (QED) is 0.764. The number of H-pyrrole nitrogens is 1. The fourth-order valence-corrected chi connectivity index (χ4v) is 5.36. The van der Waals surface area contributed by atoms with Gasteiger partial charge in [0, 0.05) is 48.7 Å². The Morgan fingerprint density at radius 3 is 2.73 bits per heavy atom. The maximum absolute atomic E-state index is 13.2. The highest BCUT2D eigenvalue weighted by molar-refractivity contribution is 7.92. The first-order chi connectivity index (χ1) is 12.4. The molecule has 1 aromatic heterocycles. The summed E-state index contributed by atoms with van der Waals surface area (Å²) in [4.78, 5) is 3.32. The zero-order valence-corrected chi connectivity index (χ0v) is 15.5. The van der Waals surface area contributed by atoms with Gasteiger partial charge in [-0.2, -0.15) is 0 Å². The first-order valence-corrected chi connectivity index (χ1v) is 10.3. The van der Waals surface area contributed by atoms with Crippen LogP contribution in [0.2, 0.25) is 0 Å². The minimum Gasteiger partial charge on any atom is -0.370 e. The van der Waals surface area contributed by atoms with Crippen LogP contribution in [0.1, 0.15) is 6.92 Å². The Morgan fingerprint density at radius 1 is 1.23 bits per heavy atom. The summed E-state index contributed by atoms with van der Waals surface area (Å²) < 4.78 is 26.4. The molecule has 2 aromatic rings. The molecule has 0 radical (unpaired) electrons. The minimum absolute atomic E-state index is 0.0457. The molecule has 0 bridgehead atoms. The number of sulfone groups is 1. The number of aliphatic hydroxyl groups is 1. The van der Waals surface area contributed by atoms with Crippen LogP contribution in [-0.4, -0.2) is 49.6 Å². The fraction of sp³-hybridized carbons (Fsp3) is 0.368. The second-order valence-corrected chi connectivity index (χ2v) is 9.00. The molecule has 2 aliphatic rings. The standard InChI is InChI=1S/C19H23N3O3S/c1-14-5-2-3-8-19(14,23)26(24,25)18-13-15-16(21-18)6-4-7-17(15)22-11-9-20-10-12-22/h2-8,13-14,20-21,23H,9-12H2,1H3. The van der Waals surface area contributed by atoms with Gasteiger partial charge >= 0.3 is 0 Å². The highest BCUT2D eigenvalue weighted by Crippen LogP contribution is 2.37. The molecule has 0 spiro atoms. The van der Waals surface area contributed by atoms with E-state index in [0.717, 1.165) is 42.8 Å². The van der Waals surface area contributed by atoms with Gasteiger partial charge in [-0.25, -0.2) is 8.42 Å². The topological polar surface area (TPSA) is 85.4 Å². The van der Waals surface area contributed by atoms with E-state index in [0.29, 0.717) is 0 Å². The lowest BCUT2D eigenvalue weighted by Crippen LogP contribution is -2.43. The summed E-state index contributed by atoms with van der Waals surface area (Å²) in [6.07, 6.45) is 6.39. The van der Waals surface area contributed by atoms with Gasteiger partial charge in [0.1, 0.15) is 5.03 Å². The van der Waals surface area contributed by atoms with Gasteiger partial charge in [-0.1, -0.05) is 31.2 Å². The van der Waals surface area contributed by atoms with Gasteiger partial charge in [0.05, 0.1) is 0 Å². The molecule has 6 nitrogen and oxygen atoms in total. The number of hydrogen-bond donors (Lipinski definition) is 3. The van der Waals surface area contributed by atoms with Gasteiger partial charge in [0.15, 0.2) is 4.93 Å². The summed E-state index contributed by atoms with van der Waals surface area (Å²) in [5.41, 5.74) is 1.77. The molecule has 1 aliphatic heterocycles. The summed E-state index contributed by atoms with van der Waals surface area (Å²) in [5, 5.41) is 15.1. The predicted octanol–water partition coefficient (Wildman–Crippen LogP) is 1.80. The maximum Gasteiger partial charge on any atom is 0.227 e. The van der Waals surface area contributed by atoms with Crippen LogP contribution in [0.15, 0.2) is 53.6 Å². The smallest absolute Gasteiger partial charge is 0.227 e. The van der Waals surface area contributed by atoms with Gasteiger partial charge in [0.2, 0.25) is 9.84 Å². The molecule has 26 heavy (non-hydrogen) atoms. The van der Waals surface area contributed by atoms with E-state index in [9.17, 15) is 13.5 Å². The zero-order valence-electron chi connectivity index (χ0n) is 14.6. The molecule has 1 saturated heterocycles. The van der Waals surface area contributed by atoms with Crippen molar-refractivity contribution in [1.82, 2.24) is 10.3 Å². The normalized spacial score (nSPS) is 26.5. The van der Waals surface area contributed by atoms with Crippen molar-refractivity contribution in [1.29, 1.82) is 0 Å². The zero-order chi connectivity index (χ0) is 18.4. The number of allylic oxidation sites excluding steroid dienone is 2. The number of benzene rings is 1. The Balaban J connectivity index is 1.80. The molecular formula is C19H23N3O3S. The summed E-state index contributed by atoms with van der Waals surface area (Å²) in [7, 11) is -3.99. The van der Waals surface area contributed by atoms with Crippen molar-refractivity contribution in [3.05, 3.63) is 48.6 Å². The van der Waals surface area contributed by atoms with E-state index < -0.39 is 20.7 Å². The van der Waals surface area contributed by atoms with E-state index in [1.54, 1.807) is 31.2 Å². The Morgan fingerprint density at radius 2 is 2.00 bits per heavy atom. The SMILES string of the molecule is CC1C=CC=CC1(O)S(=O)(=O)c1cc2c(N3CCNCC3)cccc2[nH]1. The molecule has 1 aromatic carbocycles. The average molecular weight is 373 g/mol. The van der Waals surface area contributed by atoms with Crippen molar-refractivity contribution in [2.24, 2.45) is 5.92 Å². The molecule has 0 saturated carbocycles. The van der Waals surface area contributed by atoms with E-state index >= 15 is 0 Å². The second kappa shape index (κ2) is 6.26. The molecule has 138 valence electrons. The number of piperazine rings is 1. The molecule has 4 rings (SSSR count). The Kier molecular flexibility index (Phi) is 4.17. The van der Waals surface area contributed by atoms with Crippen LogP contribution in [0.4, 0.5) is 5.69 Å². The lowest BCUT2D eigenvalue weighted by atomic mass is 9.99. The van der Waals surface area contributed by atoms with Gasteiger partial charge in [0.25, 0.3) is 0 Å². The number of nitrogens with one attached hydrogen (secondary N) is 2. The molecule has 2 unspecified atom stereocenters. The third-order valence-corrected chi connectivity index (χ3v) is 7.46. The van der Waals surface area contributed by atoms with Crippen molar-refractivity contribution < 1.29 is 13.5 Å². The number of nitrogens with zero attached hydrogens (tertiary/aromatic N) is 1. The molecule has 0 amide bonds. The number of fused-ring (bicyclic) bond motifs is 1. The van der Waals surface area contributed by atoms with Gasteiger partial charge in [-0.15, -0.1) is 0 Å². The monoisotopic (exact) mass is 373 g/mol. The highest BCUT2D eigenvalue weighted by atomic mass is 32.2. The van der Waals surface area contributed by atoms with E-state index in [-0.39, 0.29) is 5.03 Å². The van der Waals surface area contributed by atoms with E-state index in [1.807, 2.05) is 18.2 Å². The summed E-state index contributed by atoms with van der Waals surface area (Å²) in [5.74, 6) is -0.531. The first-order valence-electron chi connectivity index (χ1n) is 8.84. The van der Waals surface area contributed by atoms with Crippen LogP contribution < -0.4 is 10.2 Å². The third kappa shape index (κ3) is 2.58. The highest BCUT2D eigenvalue weighted by Gasteiger charge is 2.46. The van der Waals surface area contributed by atoms with Crippen molar-refractivity contribution in [2.45, 2.75) is 16.9 Å². The van der Waals surface area contributed by atoms with Crippen LogP contribution in [-0.2, 0) is 9.84 Å². The molecule has 2 heterocycles. The Bertz CT molecular complexity index is 987. The lowest BCUT2D eigenvalue weighted by Gasteiger charge is -2.30. The van der Waals surface area contributed by atoms with Crippen LogP contribution in [0.3, 0.4) is 0 Å². The molecule has 2 atom stereocenters. The fourth-order valence-electron chi connectivity index (χ4n) is 3.66. The number of aromatic nitrogens is 1. The van der Waals surface area contributed by atoms with Crippen LogP contribution in [0, 0.1) is 5.92 Å². The second-order valence-electron chi connectivity index (χ2n) is 6.90. The van der Waals surface area contributed by atoms with Gasteiger partial charge in [-0.05, 0) is 24.3 Å². The molecule has 3 N–H and O–H groups in total. The van der Waals surface area contributed by atoms with Gasteiger partial charge < -0.3 is 20.3 Å². The number of anilines is 1. The van der Waals surface area contributed by atoms with Crippen LogP contribution >= 0.6 is 0 Å². The maximum atomic E-state index is 13.2. The van der Waals surface area contributed by atoms with Crippen LogP contribution in [0.5, 0.6) is 0 Å². The third-order valence-electron chi connectivity index (χ3n) is 5.29. The number of aromatic amines is 1. The largest absolute Gasteiger partial charge is 0.370 e. The van der Waals surface area contributed by atoms with Crippen molar-refractivity contribution in [3.63, 3.8) is 0 Å². The van der Waals surface area contributed by atoms with E-state index in [2.05, 4.69) is 15.2 Å². The van der Waals surface area contributed by atoms with E-state index in [1.165, 1.54) is 6.08 Å². The summed E-state index contributed by atoms with van der Waals surface area (Å²) in [6.45, 7) is 5.26. The Labute approximate surface area is 153 Å². The molecule has 1 fully saturated rings. The average Bonchev–Trinajstić information content (AvgIpc) is 3.10. The molecule has 1 aliphatic carbocycles. The predicted molar refractivity (Wildman–Crippen MR) is 103 cm³/mol. The van der Waals surface area contributed by atoms with Gasteiger partial charge in [-0.3, -0.25) is 0 Å². The van der Waals surface area contributed by atoms with Crippen molar-refractivity contribution in [3.8, 4) is 0 Å². The Hall–Kier alpha value is -2.09. The number of hydrogen-bond acceptors (Lipinski definition) is 5. The van der Waals surface area contributed by atoms with E-state index in [4.69, 9.17) is 0 Å². The summed E-state index contributed by atoms with van der Waals surface area (Å²) >= 11 is 0. The minimum atomic E-state index is -3.99. The first kappa shape index (κ1) is 17.3. The van der Waals surface area contributed by atoms with Crippen molar-refractivity contribution in [2.75, 3.05) is 31.1 Å².